The number of amides is 1. The third kappa shape index (κ3) is 5.02. The van der Waals surface area contributed by atoms with E-state index in [2.05, 4.69) is 48.6 Å². The van der Waals surface area contributed by atoms with Crippen LogP contribution in [0.4, 0.5) is 0 Å². The van der Waals surface area contributed by atoms with Crippen LogP contribution in [0.3, 0.4) is 0 Å². The van der Waals surface area contributed by atoms with E-state index in [1.54, 1.807) is 14.2 Å². The van der Waals surface area contributed by atoms with Crippen LogP contribution in [0.25, 0.3) is 0 Å². The molecule has 178 valence electrons. The molecule has 0 spiro atoms. The Kier molecular flexibility index (Phi) is 7.66. The molecule has 34 heavy (non-hydrogen) atoms. The number of rotatable bonds is 7. The second-order valence-corrected chi connectivity index (χ2v) is 9.85. The van der Waals surface area contributed by atoms with Gasteiger partial charge in [0.1, 0.15) is 12.4 Å². The normalized spacial score (nSPS) is 15.1. The average Bonchev–Trinajstić information content (AvgIpc) is 2.86. The van der Waals surface area contributed by atoms with E-state index in [4.69, 9.17) is 14.2 Å². The molecule has 0 aromatic heterocycles. The van der Waals surface area contributed by atoms with Crippen molar-refractivity contribution in [1.29, 1.82) is 0 Å². The first-order valence-electron chi connectivity index (χ1n) is 11.5. The summed E-state index contributed by atoms with van der Waals surface area (Å²) in [6.45, 7) is 5.29. The zero-order valence-electron chi connectivity index (χ0n) is 20.0. The van der Waals surface area contributed by atoms with Gasteiger partial charge in [0.25, 0.3) is 5.91 Å². The Morgan fingerprint density at radius 2 is 1.71 bits per heavy atom. The van der Waals surface area contributed by atoms with E-state index in [1.807, 2.05) is 53.4 Å². The van der Waals surface area contributed by atoms with Gasteiger partial charge >= 0.3 is 0 Å². The number of methoxy groups -OCH3 is 2. The fourth-order valence-corrected chi connectivity index (χ4v) is 4.98. The lowest BCUT2D eigenvalue weighted by molar-refractivity contribution is 0.0588. The molecule has 3 aromatic rings. The van der Waals surface area contributed by atoms with Crippen LogP contribution < -0.4 is 14.2 Å². The second kappa shape index (κ2) is 10.7. The van der Waals surface area contributed by atoms with Gasteiger partial charge < -0.3 is 19.1 Å². The molecule has 0 saturated carbocycles. The van der Waals surface area contributed by atoms with E-state index in [-0.39, 0.29) is 11.9 Å². The number of fused-ring (bicyclic) bond motifs is 1. The van der Waals surface area contributed by atoms with Crippen molar-refractivity contribution in [3.63, 3.8) is 0 Å². The molecular weight excluding hydrogens is 541 g/mol. The second-order valence-electron chi connectivity index (χ2n) is 8.68. The smallest absolute Gasteiger partial charge is 0.255 e. The summed E-state index contributed by atoms with van der Waals surface area (Å²) in [6, 6.07) is 19.6. The first-order chi connectivity index (χ1) is 16.4. The lowest BCUT2D eigenvalue weighted by Gasteiger charge is -2.38. The predicted molar refractivity (Wildman–Crippen MR) is 142 cm³/mol. The number of hydrogen-bond acceptors (Lipinski definition) is 4. The third-order valence-electron chi connectivity index (χ3n) is 6.32. The summed E-state index contributed by atoms with van der Waals surface area (Å²) < 4.78 is 18.3. The molecule has 1 aliphatic heterocycles. The topological polar surface area (TPSA) is 48.0 Å². The summed E-state index contributed by atoms with van der Waals surface area (Å²) in [7, 11) is 3.27. The summed E-state index contributed by atoms with van der Waals surface area (Å²) in [5.74, 6) is 2.61. The van der Waals surface area contributed by atoms with Gasteiger partial charge in [-0.3, -0.25) is 4.79 Å². The monoisotopic (exact) mass is 571 g/mol. The quantitative estimate of drug-likeness (QED) is 0.315. The minimum absolute atomic E-state index is 0.00851. The molecule has 1 unspecified atom stereocenters. The van der Waals surface area contributed by atoms with Crippen LogP contribution in [-0.2, 0) is 6.42 Å². The van der Waals surface area contributed by atoms with Crippen molar-refractivity contribution < 1.29 is 19.0 Å². The van der Waals surface area contributed by atoms with Crippen LogP contribution in [0.15, 0.2) is 60.7 Å². The maximum atomic E-state index is 13.7. The Labute approximate surface area is 215 Å². The first kappa shape index (κ1) is 24.4. The van der Waals surface area contributed by atoms with Crippen molar-refractivity contribution in [3.05, 3.63) is 86.5 Å². The van der Waals surface area contributed by atoms with Gasteiger partial charge in [-0.25, -0.2) is 0 Å². The molecule has 0 radical (unpaired) electrons. The number of ether oxygens (including phenoxy) is 3. The molecule has 1 aliphatic rings. The van der Waals surface area contributed by atoms with Gasteiger partial charge in [0.15, 0.2) is 11.5 Å². The molecule has 1 heterocycles. The van der Waals surface area contributed by atoms with Crippen LogP contribution in [0, 0.1) is 3.57 Å². The summed E-state index contributed by atoms with van der Waals surface area (Å²) in [6.07, 6.45) is 0.741. The van der Waals surface area contributed by atoms with E-state index in [1.165, 1.54) is 5.56 Å². The maximum Gasteiger partial charge on any atom is 0.255 e. The summed E-state index contributed by atoms with van der Waals surface area (Å²) in [4.78, 5) is 15.6. The highest BCUT2D eigenvalue weighted by Crippen LogP contribution is 2.39. The van der Waals surface area contributed by atoms with Gasteiger partial charge in [-0.2, -0.15) is 0 Å². The van der Waals surface area contributed by atoms with Gasteiger partial charge in [-0.1, -0.05) is 38.1 Å². The van der Waals surface area contributed by atoms with Gasteiger partial charge in [0, 0.05) is 10.1 Å². The number of halogens is 1. The molecule has 0 fully saturated rings. The fourth-order valence-electron chi connectivity index (χ4n) is 4.36. The van der Waals surface area contributed by atoms with Crippen LogP contribution >= 0.6 is 22.6 Å². The molecule has 0 saturated heterocycles. The van der Waals surface area contributed by atoms with Crippen molar-refractivity contribution in [2.75, 3.05) is 27.4 Å². The SMILES string of the molecule is COc1cc2c(cc1OC)C(COc1ccc(C(C)C)cc1)N(C(=O)c1ccccc1I)CC2. The lowest BCUT2D eigenvalue weighted by Crippen LogP contribution is -2.42. The largest absolute Gasteiger partial charge is 0.493 e. The van der Waals surface area contributed by atoms with Gasteiger partial charge in [-0.05, 0) is 88.0 Å². The van der Waals surface area contributed by atoms with Crippen molar-refractivity contribution in [1.82, 2.24) is 4.90 Å². The highest BCUT2D eigenvalue weighted by molar-refractivity contribution is 14.1. The molecule has 5 nitrogen and oxygen atoms in total. The Hall–Kier alpha value is -2.74. The highest BCUT2D eigenvalue weighted by Gasteiger charge is 2.34. The van der Waals surface area contributed by atoms with Crippen molar-refractivity contribution in [2.24, 2.45) is 0 Å². The first-order valence-corrected chi connectivity index (χ1v) is 12.5. The molecule has 4 rings (SSSR count). The molecule has 0 N–H and O–H groups in total. The Balaban J connectivity index is 1.69. The predicted octanol–water partition coefficient (Wildman–Crippen LogP) is 6.25. The van der Waals surface area contributed by atoms with Crippen molar-refractivity contribution >= 4 is 28.5 Å². The number of carbonyl (C=O) groups excluding carboxylic acids is 1. The van der Waals surface area contributed by atoms with Crippen molar-refractivity contribution in [2.45, 2.75) is 32.2 Å². The minimum atomic E-state index is -0.253. The number of nitrogens with zero attached hydrogens (tertiary/aromatic N) is 1. The molecule has 0 bridgehead atoms. The zero-order chi connectivity index (χ0) is 24.2. The van der Waals surface area contributed by atoms with E-state index in [9.17, 15) is 4.79 Å². The standard InChI is InChI=1S/C28H30INO4/c1-18(2)19-9-11-21(12-10-19)34-17-25-23-16-27(33-4)26(32-3)15-20(23)13-14-30(25)28(31)22-7-5-6-8-24(22)29/h5-12,15-16,18,25H,13-14,17H2,1-4H3. The van der Waals surface area contributed by atoms with Gasteiger partial charge in [0.2, 0.25) is 0 Å². The summed E-state index contributed by atoms with van der Waals surface area (Å²) in [5, 5.41) is 0. The van der Waals surface area contributed by atoms with E-state index in [0.717, 1.165) is 26.9 Å². The average molecular weight is 571 g/mol. The molecule has 6 heteroatoms. The molecule has 0 aliphatic carbocycles. The van der Waals surface area contributed by atoms with E-state index < -0.39 is 0 Å². The summed E-state index contributed by atoms with van der Waals surface area (Å²) in [5.41, 5.74) is 4.15. The van der Waals surface area contributed by atoms with E-state index >= 15 is 0 Å². The van der Waals surface area contributed by atoms with Crippen molar-refractivity contribution in [3.8, 4) is 17.2 Å². The van der Waals surface area contributed by atoms with E-state index in [0.29, 0.717) is 36.1 Å². The number of hydrogen-bond donors (Lipinski definition) is 0. The van der Waals surface area contributed by atoms with Gasteiger partial charge in [-0.15, -0.1) is 0 Å². The Morgan fingerprint density at radius 1 is 1.03 bits per heavy atom. The van der Waals surface area contributed by atoms with Crippen LogP contribution in [0.1, 0.15) is 52.9 Å². The zero-order valence-corrected chi connectivity index (χ0v) is 22.2. The van der Waals surface area contributed by atoms with Gasteiger partial charge in [0.05, 0.1) is 25.8 Å². The Bertz CT molecular complexity index is 1160. The number of carbonyl (C=O) groups is 1. The Morgan fingerprint density at radius 3 is 2.35 bits per heavy atom. The van der Waals surface area contributed by atoms with Crippen LogP contribution in [0.5, 0.6) is 17.2 Å². The van der Waals surface area contributed by atoms with Crippen LogP contribution in [-0.4, -0.2) is 38.2 Å². The summed E-state index contributed by atoms with van der Waals surface area (Å²) >= 11 is 2.22. The molecule has 3 aromatic carbocycles. The minimum Gasteiger partial charge on any atom is -0.493 e. The molecular formula is C28H30INO4. The molecule has 1 amide bonds. The fraction of sp³-hybridized carbons (Fsp3) is 0.321. The highest BCUT2D eigenvalue weighted by atomic mass is 127. The maximum absolute atomic E-state index is 13.7. The molecule has 1 atom stereocenters. The lowest BCUT2D eigenvalue weighted by atomic mass is 9.91. The van der Waals surface area contributed by atoms with Crippen LogP contribution in [0.2, 0.25) is 0 Å². The number of benzene rings is 3. The third-order valence-corrected chi connectivity index (χ3v) is 7.26.